The van der Waals surface area contributed by atoms with Crippen LogP contribution in [-0.4, -0.2) is 24.7 Å². The van der Waals surface area contributed by atoms with Crippen molar-refractivity contribution in [3.8, 4) is 5.75 Å². The van der Waals surface area contributed by atoms with Gasteiger partial charge in [-0.1, -0.05) is 18.5 Å². The number of esters is 1. The number of halogens is 1. The summed E-state index contributed by atoms with van der Waals surface area (Å²) in [5, 5.41) is 1.60. The number of ether oxygens (including phenoxy) is 2. The number of hydrogen-bond acceptors (Lipinski definition) is 3. The molecule has 0 aliphatic heterocycles. The summed E-state index contributed by atoms with van der Waals surface area (Å²) in [4.78, 5) is 15.0. The summed E-state index contributed by atoms with van der Waals surface area (Å²) in [5.41, 5.74) is 2.04. The second-order valence-electron chi connectivity index (χ2n) is 4.89. The van der Waals surface area contributed by atoms with Crippen molar-refractivity contribution in [2.24, 2.45) is 0 Å². The molecule has 0 aliphatic rings. The maximum Gasteiger partial charge on any atom is 0.306 e. The molecule has 1 aromatic heterocycles. The van der Waals surface area contributed by atoms with Crippen molar-refractivity contribution in [1.82, 2.24) is 4.98 Å². The lowest BCUT2D eigenvalue weighted by atomic mass is 9.93. The van der Waals surface area contributed by atoms with Crippen molar-refractivity contribution in [2.45, 2.75) is 32.6 Å². The Morgan fingerprint density at radius 2 is 2.14 bits per heavy atom. The Morgan fingerprint density at radius 3 is 2.76 bits per heavy atom. The minimum Gasteiger partial charge on any atom is -0.495 e. The summed E-state index contributed by atoms with van der Waals surface area (Å²) in [6.07, 6.45) is 3.17. The van der Waals surface area contributed by atoms with Gasteiger partial charge in [-0.05, 0) is 37.0 Å². The van der Waals surface area contributed by atoms with Crippen LogP contribution < -0.4 is 4.74 Å². The molecule has 1 atom stereocenters. The molecule has 0 bridgehead atoms. The number of hydrogen-bond donors (Lipinski definition) is 1. The van der Waals surface area contributed by atoms with Crippen LogP contribution in [0.1, 0.15) is 38.2 Å². The van der Waals surface area contributed by atoms with Crippen molar-refractivity contribution in [3.63, 3.8) is 0 Å². The maximum atomic E-state index is 11.7. The number of nitrogens with one attached hydrogen (secondary N) is 1. The molecule has 0 radical (unpaired) electrons. The van der Waals surface area contributed by atoms with Crippen molar-refractivity contribution >= 4 is 28.5 Å². The van der Waals surface area contributed by atoms with Gasteiger partial charge < -0.3 is 14.5 Å². The average molecular weight is 310 g/mol. The van der Waals surface area contributed by atoms with Gasteiger partial charge in [0.1, 0.15) is 5.75 Å². The zero-order valence-electron chi connectivity index (χ0n) is 12.5. The van der Waals surface area contributed by atoms with Crippen LogP contribution in [-0.2, 0) is 9.53 Å². The molecule has 1 unspecified atom stereocenters. The number of H-pyrrole nitrogens is 1. The first kappa shape index (κ1) is 15.7. The van der Waals surface area contributed by atoms with Crippen LogP contribution in [0.15, 0.2) is 18.3 Å². The summed E-state index contributed by atoms with van der Waals surface area (Å²) in [5.74, 6) is 0.583. The fourth-order valence-electron chi connectivity index (χ4n) is 2.53. The quantitative estimate of drug-likeness (QED) is 0.810. The third-order valence-electron chi connectivity index (χ3n) is 3.64. The van der Waals surface area contributed by atoms with Gasteiger partial charge in [0.25, 0.3) is 0 Å². The smallest absolute Gasteiger partial charge is 0.306 e. The Kier molecular flexibility index (Phi) is 5.12. The molecular formula is C16H20ClNO3. The van der Waals surface area contributed by atoms with Crippen molar-refractivity contribution in [3.05, 3.63) is 28.9 Å². The molecule has 0 amide bonds. The van der Waals surface area contributed by atoms with E-state index in [9.17, 15) is 4.79 Å². The molecular weight excluding hydrogens is 290 g/mol. The van der Waals surface area contributed by atoms with Gasteiger partial charge in [0.05, 0.1) is 25.2 Å². The van der Waals surface area contributed by atoms with Gasteiger partial charge in [-0.15, -0.1) is 0 Å². The lowest BCUT2D eigenvalue weighted by Gasteiger charge is -2.14. The van der Waals surface area contributed by atoms with E-state index in [0.29, 0.717) is 23.8 Å². The van der Waals surface area contributed by atoms with E-state index in [1.54, 1.807) is 7.11 Å². The summed E-state index contributed by atoms with van der Waals surface area (Å²) in [6.45, 7) is 4.29. The van der Waals surface area contributed by atoms with E-state index in [1.165, 1.54) is 0 Å². The van der Waals surface area contributed by atoms with Crippen LogP contribution in [0.2, 0.25) is 5.02 Å². The minimum atomic E-state index is -0.167. The van der Waals surface area contributed by atoms with Gasteiger partial charge in [-0.2, -0.15) is 0 Å². The summed E-state index contributed by atoms with van der Waals surface area (Å²) < 4.78 is 10.3. The molecule has 2 rings (SSSR count). The first-order valence-electron chi connectivity index (χ1n) is 7.10. The zero-order chi connectivity index (χ0) is 15.4. The Hall–Kier alpha value is -1.68. The van der Waals surface area contributed by atoms with E-state index in [2.05, 4.69) is 11.9 Å². The van der Waals surface area contributed by atoms with Gasteiger partial charge >= 0.3 is 5.97 Å². The van der Waals surface area contributed by atoms with Gasteiger partial charge in [-0.3, -0.25) is 4.79 Å². The topological polar surface area (TPSA) is 51.3 Å². The number of rotatable bonds is 6. The second-order valence-corrected chi connectivity index (χ2v) is 5.30. The SMILES string of the molecule is CCOC(=O)CC(CC)c1c[nH]c2cc(Cl)c(OC)cc12. The van der Waals surface area contributed by atoms with Crippen LogP contribution in [0.25, 0.3) is 10.9 Å². The molecule has 5 heteroatoms. The van der Waals surface area contributed by atoms with Crippen LogP contribution in [0.3, 0.4) is 0 Å². The first-order valence-corrected chi connectivity index (χ1v) is 7.48. The van der Waals surface area contributed by atoms with E-state index in [1.807, 2.05) is 25.3 Å². The molecule has 1 N–H and O–H groups in total. The molecule has 4 nitrogen and oxygen atoms in total. The summed E-state index contributed by atoms with van der Waals surface area (Å²) >= 11 is 6.13. The fraction of sp³-hybridized carbons (Fsp3) is 0.438. The summed E-state index contributed by atoms with van der Waals surface area (Å²) in [7, 11) is 1.59. The first-order chi connectivity index (χ1) is 10.1. The van der Waals surface area contributed by atoms with Crippen molar-refractivity contribution < 1.29 is 14.3 Å². The van der Waals surface area contributed by atoms with Gasteiger partial charge in [0.2, 0.25) is 0 Å². The Labute approximate surface area is 129 Å². The monoisotopic (exact) mass is 309 g/mol. The van der Waals surface area contributed by atoms with Crippen LogP contribution in [0.4, 0.5) is 0 Å². The predicted octanol–water partition coefficient (Wildman–Crippen LogP) is 4.28. The highest BCUT2D eigenvalue weighted by Crippen LogP contribution is 2.36. The number of benzene rings is 1. The molecule has 1 heterocycles. The Morgan fingerprint density at radius 1 is 1.38 bits per heavy atom. The molecule has 1 aromatic carbocycles. The number of aromatic amines is 1. The average Bonchev–Trinajstić information content (AvgIpc) is 2.86. The minimum absolute atomic E-state index is 0.115. The van der Waals surface area contributed by atoms with E-state index < -0.39 is 0 Å². The zero-order valence-corrected chi connectivity index (χ0v) is 13.3. The lowest BCUT2D eigenvalue weighted by Crippen LogP contribution is -2.09. The second kappa shape index (κ2) is 6.85. The molecule has 0 fully saturated rings. The Bertz CT molecular complexity index is 636. The molecule has 0 aliphatic carbocycles. The third kappa shape index (κ3) is 3.32. The van der Waals surface area contributed by atoms with Gasteiger partial charge in [0, 0.05) is 17.1 Å². The van der Waals surface area contributed by atoms with Crippen LogP contribution >= 0.6 is 11.6 Å². The standard InChI is InChI=1S/C16H20ClNO3/c1-4-10(6-16(19)21-5-2)12-9-18-14-8-13(17)15(20-3)7-11(12)14/h7-10,18H,4-6H2,1-3H3. The number of fused-ring (bicyclic) bond motifs is 1. The predicted molar refractivity (Wildman–Crippen MR) is 84.1 cm³/mol. The van der Waals surface area contributed by atoms with Gasteiger partial charge in [0.15, 0.2) is 0 Å². The van der Waals surface area contributed by atoms with E-state index >= 15 is 0 Å². The number of carbonyl (C=O) groups is 1. The number of aromatic nitrogens is 1. The lowest BCUT2D eigenvalue weighted by molar-refractivity contribution is -0.143. The number of methoxy groups -OCH3 is 1. The highest BCUT2D eigenvalue weighted by atomic mass is 35.5. The molecule has 21 heavy (non-hydrogen) atoms. The Balaban J connectivity index is 2.37. The molecule has 2 aromatic rings. The molecule has 114 valence electrons. The van der Waals surface area contributed by atoms with Crippen molar-refractivity contribution in [2.75, 3.05) is 13.7 Å². The highest BCUT2D eigenvalue weighted by molar-refractivity contribution is 6.32. The van der Waals surface area contributed by atoms with Gasteiger partial charge in [-0.25, -0.2) is 0 Å². The molecule has 0 spiro atoms. The van der Waals surface area contributed by atoms with Crippen molar-refractivity contribution in [1.29, 1.82) is 0 Å². The molecule has 0 saturated heterocycles. The number of carbonyl (C=O) groups excluding carboxylic acids is 1. The molecule has 0 saturated carbocycles. The maximum absolute atomic E-state index is 11.7. The van der Waals surface area contributed by atoms with Crippen LogP contribution in [0, 0.1) is 0 Å². The fourth-order valence-corrected chi connectivity index (χ4v) is 2.78. The van der Waals surface area contributed by atoms with Crippen LogP contribution in [0.5, 0.6) is 5.75 Å². The summed E-state index contributed by atoms with van der Waals surface area (Å²) in [6, 6.07) is 3.76. The third-order valence-corrected chi connectivity index (χ3v) is 3.93. The van der Waals surface area contributed by atoms with E-state index in [0.717, 1.165) is 22.9 Å². The highest BCUT2D eigenvalue weighted by Gasteiger charge is 2.19. The normalized spacial score (nSPS) is 12.4. The van der Waals surface area contributed by atoms with E-state index in [4.69, 9.17) is 21.1 Å². The largest absolute Gasteiger partial charge is 0.495 e. The van der Waals surface area contributed by atoms with E-state index in [-0.39, 0.29) is 11.9 Å².